The van der Waals surface area contributed by atoms with Crippen molar-refractivity contribution in [1.29, 1.82) is 10.5 Å². The van der Waals surface area contributed by atoms with Gasteiger partial charge in [-0.25, -0.2) is 8.78 Å². The van der Waals surface area contributed by atoms with Crippen molar-refractivity contribution in [2.24, 2.45) is 0 Å². The van der Waals surface area contributed by atoms with Crippen LogP contribution in [0, 0.1) is 22.7 Å². The average molecular weight is 487 g/mol. The lowest BCUT2D eigenvalue weighted by Gasteiger charge is -2.31. The second-order valence-electron chi connectivity index (χ2n) is 7.77. The molecule has 1 aromatic carbocycles. The third kappa shape index (κ3) is 6.07. The highest BCUT2D eigenvalue weighted by Crippen LogP contribution is 2.28. The summed E-state index contributed by atoms with van der Waals surface area (Å²) in [5.74, 6) is -3.30. The number of nitriles is 2. The van der Waals surface area contributed by atoms with Crippen LogP contribution >= 0.6 is 11.3 Å². The Morgan fingerprint density at radius 2 is 2.03 bits per heavy atom. The number of thiazole rings is 1. The van der Waals surface area contributed by atoms with Crippen LogP contribution in [-0.4, -0.2) is 40.9 Å². The van der Waals surface area contributed by atoms with Gasteiger partial charge in [0.05, 0.1) is 6.07 Å². The van der Waals surface area contributed by atoms with Crippen LogP contribution in [0.3, 0.4) is 0 Å². The minimum Gasteiger partial charge on any atom is -0.360 e. The number of carbonyl (C=O) groups is 1. The lowest BCUT2D eigenvalue weighted by molar-refractivity contribution is -0.115. The van der Waals surface area contributed by atoms with E-state index in [9.17, 15) is 23.6 Å². The number of halogens is 2. The zero-order valence-electron chi connectivity index (χ0n) is 18.6. The van der Waals surface area contributed by atoms with Gasteiger partial charge < -0.3 is 10.6 Å². The molecule has 34 heavy (non-hydrogen) atoms. The number of likely N-dealkylation sites (tertiary alicyclic amines) is 1. The van der Waals surface area contributed by atoms with E-state index >= 15 is 0 Å². The quantitative estimate of drug-likeness (QED) is 0.571. The normalized spacial score (nSPS) is 16.9. The van der Waals surface area contributed by atoms with E-state index in [-0.39, 0.29) is 41.7 Å². The van der Waals surface area contributed by atoms with Crippen molar-refractivity contribution in [3.63, 3.8) is 0 Å². The van der Waals surface area contributed by atoms with E-state index in [1.807, 2.05) is 35.2 Å². The molecule has 2 aromatic rings. The Morgan fingerprint density at radius 3 is 2.68 bits per heavy atom. The number of rotatable bonds is 7. The van der Waals surface area contributed by atoms with Crippen LogP contribution in [0.15, 0.2) is 29.1 Å². The number of benzene rings is 1. The molecule has 0 bridgehead atoms. The van der Waals surface area contributed by atoms with Gasteiger partial charge >= 0.3 is 0 Å². The molecule has 11 heteroatoms. The van der Waals surface area contributed by atoms with E-state index in [2.05, 4.69) is 10.6 Å². The predicted octanol–water partition coefficient (Wildman–Crippen LogP) is 1.32. The van der Waals surface area contributed by atoms with Crippen LogP contribution < -0.4 is 25.4 Å². The van der Waals surface area contributed by atoms with Crippen molar-refractivity contribution in [1.82, 2.24) is 14.8 Å². The smallest absolute Gasteiger partial charge is 0.270 e. The monoisotopic (exact) mass is 486 g/mol. The minimum absolute atomic E-state index is 0.140. The first-order valence-corrected chi connectivity index (χ1v) is 11.5. The molecule has 0 unspecified atom stereocenters. The summed E-state index contributed by atoms with van der Waals surface area (Å²) < 4.78 is 28.6. The molecule has 0 spiro atoms. The summed E-state index contributed by atoms with van der Waals surface area (Å²) in [4.78, 5) is 27.0. The number of anilines is 1. The van der Waals surface area contributed by atoms with Gasteiger partial charge in [0.25, 0.3) is 17.4 Å². The minimum atomic E-state index is -2.58. The number of nitrogens with one attached hydrogen (secondary N) is 2. The van der Waals surface area contributed by atoms with Crippen LogP contribution in [0.4, 0.5) is 14.5 Å². The Morgan fingerprint density at radius 1 is 1.29 bits per heavy atom. The molecule has 8 nitrogen and oxygen atoms in total. The second kappa shape index (κ2) is 11.1. The predicted molar refractivity (Wildman–Crippen MR) is 125 cm³/mol. The molecule has 3 rings (SSSR count). The molecule has 2 heterocycles. The fraction of sp³-hybridized carbons (Fsp3) is 0.391. The molecular formula is C23H24F2N6O2S. The first kappa shape index (κ1) is 25.1. The standard InChI is InChI=1S/C23H24F2N6O2S/c1-2-31-21(33)19(34-22(31)18(13-27)20(32)28-9-8-26)14-29-17-5-3-4-16(12-17)15-30-10-6-23(24,25)7-11-30/h3-5,12,14,29H,2,6-7,9-11,15H2,1H3,(H,28,32)/b19-14+,22-18-. The molecule has 0 saturated carbocycles. The van der Waals surface area contributed by atoms with E-state index in [1.165, 1.54) is 10.8 Å². The SMILES string of the molecule is CCn1c(=O)/c(=C\Nc2cccc(CN3CCC(F)(F)CC3)c2)s/c1=C(/C#N)C(=O)NCC#N. The van der Waals surface area contributed by atoms with Crippen molar-refractivity contribution in [3.8, 4) is 12.1 Å². The van der Waals surface area contributed by atoms with Crippen LogP contribution in [-0.2, 0) is 17.9 Å². The fourth-order valence-electron chi connectivity index (χ4n) is 3.60. The number of carbonyl (C=O) groups excluding carboxylic acids is 1. The first-order valence-electron chi connectivity index (χ1n) is 10.7. The molecule has 178 valence electrons. The lowest BCUT2D eigenvalue weighted by Crippen LogP contribution is -2.38. The summed E-state index contributed by atoms with van der Waals surface area (Å²) >= 11 is 1.01. The zero-order chi connectivity index (χ0) is 24.7. The summed E-state index contributed by atoms with van der Waals surface area (Å²) in [5.41, 5.74) is 1.10. The van der Waals surface area contributed by atoms with Gasteiger partial charge in [0, 0.05) is 50.9 Å². The molecule has 0 atom stereocenters. The van der Waals surface area contributed by atoms with Crippen molar-refractivity contribution in [2.75, 3.05) is 25.0 Å². The van der Waals surface area contributed by atoms with Crippen molar-refractivity contribution >= 4 is 34.7 Å². The maximum absolute atomic E-state index is 13.4. The van der Waals surface area contributed by atoms with Gasteiger partial charge in [0.2, 0.25) is 0 Å². The topological polar surface area (TPSA) is 114 Å². The van der Waals surface area contributed by atoms with Gasteiger partial charge in [-0.15, -0.1) is 11.3 Å². The van der Waals surface area contributed by atoms with Crippen LogP contribution in [0.5, 0.6) is 0 Å². The molecule has 1 aromatic heterocycles. The molecule has 0 aliphatic carbocycles. The number of alkyl halides is 2. The highest BCUT2D eigenvalue weighted by Gasteiger charge is 2.33. The van der Waals surface area contributed by atoms with E-state index < -0.39 is 11.8 Å². The van der Waals surface area contributed by atoms with Gasteiger partial charge in [-0.1, -0.05) is 12.1 Å². The molecule has 0 radical (unpaired) electrons. The van der Waals surface area contributed by atoms with Gasteiger partial charge in [-0.2, -0.15) is 10.5 Å². The molecule has 2 N–H and O–H groups in total. The Labute approximate surface area is 199 Å². The van der Waals surface area contributed by atoms with E-state index in [0.717, 1.165) is 16.9 Å². The lowest BCUT2D eigenvalue weighted by atomic mass is 10.1. The summed E-state index contributed by atoms with van der Waals surface area (Å²) in [6, 6.07) is 11.1. The molecule has 1 saturated heterocycles. The molecule has 1 aliphatic heterocycles. The van der Waals surface area contributed by atoms with Crippen LogP contribution in [0.2, 0.25) is 0 Å². The summed E-state index contributed by atoms with van der Waals surface area (Å²) in [5, 5.41) is 23.5. The van der Waals surface area contributed by atoms with Crippen molar-refractivity contribution in [3.05, 3.63) is 49.4 Å². The summed E-state index contributed by atoms with van der Waals surface area (Å²) in [7, 11) is 0. The summed E-state index contributed by atoms with van der Waals surface area (Å²) in [6.07, 6.45) is 1.24. The number of piperidine rings is 1. The van der Waals surface area contributed by atoms with E-state index in [0.29, 0.717) is 29.9 Å². The molecule has 1 aliphatic rings. The van der Waals surface area contributed by atoms with Gasteiger partial charge in [0.1, 0.15) is 21.8 Å². The maximum Gasteiger partial charge on any atom is 0.270 e. The Kier molecular flexibility index (Phi) is 8.16. The second-order valence-corrected chi connectivity index (χ2v) is 8.80. The fourth-order valence-corrected chi connectivity index (χ4v) is 4.69. The van der Waals surface area contributed by atoms with E-state index in [4.69, 9.17) is 5.26 Å². The Hall–Kier alpha value is -3.54. The Bertz CT molecular complexity index is 1310. The number of aromatic nitrogens is 1. The highest BCUT2D eigenvalue weighted by molar-refractivity contribution is 7.07. The number of hydrogen-bond acceptors (Lipinski definition) is 7. The third-order valence-electron chi connectivity index (χ3n) is 5.40. The molecule has 1 amide bonds. The highest BCUT2D eigenvalue weighted by atomic mass is 32.1. The van der Waals surface area contributed by atoms with Crippen LogP contribution in [0.1, 0.15) is 25.3 Å². The van der Waals surface area contributed by atoms with Crippen molar-refractivity contribution in [2.45, 2.75) is 38.8 Å². The van der Waals surface area contributed by atoms with Crippen LogP contribution in [0.25, 0.3) is 11.8 Å². The Balaban J connectivity index is 1.84. The number of amides is 1. The molecular weight excluding hydrogens is 462 g/mol. The van der Waals surface area contributed by atoms with Gasteiger partial charge in [-0.05, 0) is 24.6 Å². The third-order valence-corrected chi connectivity index (χ3v) is 6.53. The maximum atomic E-state index is 13.4. The zero-order valence-corrected chi connectivity index (χ0v) is 19.4. The van der Waals surface area contributed by atoms with Gasteiger partial charge in [-0.3, -0.25) is 19.1 Å². The largest absolute Gasteiger partial charge is 0.360 e. The number of hydrogen-bond donors (Lipinski definition) is 2. The van der Waals surface area contributed by atoms with Crippen molar-refractivity contribution < 1.29 is 13.6 Å². The first-order chi connectivity index (χ1) is 16.3. The van der Waals surface area contributed by atoms with E-state index in [1.54, 1.807) is 13.0 Å². The summed E-state index contributed by atoms with van der Waals surface area (Å²) in [6.45, 7) is 2.98. The molecule has 1 fully saturated rings. The number of nitrogens with zero attached hydrogens (tertiary/aromatic N) is 4. The van der Waals surface area contributed by atoms with Gasteiger partial charge in [0.15, 0.2) is 5.57 Å². The average Bonchev–Trinajstić information content (AvgIpc) is 3.13.